The SMILES string of the molecule is Cc1ccc(-c2cc(C(=O)N(Cc3ccco3)Cc3ccco3)no2)cc1F. The lowest BCUT2D eigenvalue weighted by atomic mass is 10.1. The summed E-state index contributed by atoms with van der Waals surface area (Å²) >= 11 is 0. The highest BCUT2D eigenvalue weighted by atomic mass is 19.1. The second kappa shape index (κ2) is 7.56. The number of furan rings is 2. The van der Waals surface area contributed by atoms with Crippen molar-refractivity contribution in [2.24, 2.45) is 0 Å². The van der Waals surface area contributed by atoms with Crippen LogP contribution in [-0.4, -0.2) is 16.0 Å². The molecule has 1 aromatic carbocycles. The average Bonchev–Trinajstić information content (AvgIpc) is 3.45. The molecule has 0 N–H and O–H groups in total. The number of nitrogens with zero attached hydrogens (tertiary/aromatic N) is 2. The second-order valence-corrected chi connectivity index (χ2v) is 6.36. The van der Waals surface area contributed by atoms with E-state index in [0.717, 1.165) is 0 Å². The zero-order valence-corrected chi connectivity index (χ0v) is 15.1. The van der Waals surface area contributed by atoms with Crippen LogP contribution in [0.15, 0.2) is 74.4 Å². The van der Waals surface area contributed by atoms with Gasteiger partial charge >= 0.3 is 0 Å². The standard InChI is InChI=1S/C21H17FN2O4/c1-14-6-7-15(10-18(14)22)20-11-19(23-28-20)21(25)24(12-16-4-2-8-26-16)13-17-5-3-9-27-17/h2-11H,12-13H2,1H3. The minimum Gasteiger partial charge on any atom is -0.467 e. The Hall–Kier alpha value is -3.61. The van der Waals surface area contributed by atoms with Crippen molar-refractivity contribution in [3.8, 4) is 11.3 Å². The van der Waals surface area contributed by atoms with Crippen molar-refractivity contribution in [1.82, 2.24) is 10.1 Å². The van der Waals surface area contributed by atoms with E-state index in [-0.39, 0.29) is 30.5 Å². The van der Waals surface area contributed by atoms with Crippen LogP contribution in [-0.2, 0) is 13.1 Å². The zero-order chi connectivity index (χ0) is 19.5. The van der Waals surface area contributed by atoms with Gasteiger partial charge in [0.15, 0.2) is 11.5 Å². The van der Waals surface area contributed by atoms with Gasteiger partial charge in [-0.2, -0.15) is 0 Å². The normalized spacial score (nSPS) is 10.9. The van der Waals surface area contributed by atoms with E-state index >= 15 is 0 Å². The van der Waals surface area contributed by atoms with Gasteiger partial charge in [-0.25, -0.2) is 4.39 Å². The summed E-state index contributed by atoms with van der Waals surface area (Å²) in [6.45, 7) is 2.16. The van der Waals surface area contributed by atoms with Crippen molar-refractivity contribution in [3.63, 3.8) is 0 Å². The summed E-state index contributed by atoms with van der Waals surface area (Å²) < 4.78 is 29.8. The predicted octanol–water partition coefficient (Wildman–Crippen LogP) is 4.82. The fourth-order valence-electron chi connectivity index (χ4n) is 2.80. The zero-order valence-electron chi connectivity index (χ0n) is 15.1. The van der Waals surface area contributed by atoms with Crippen LogP contribution in [0.2, 0.25) is 0 Å². The van der Waals surface area contributed by atoms with Gasteiger partial charge in [0.1, 0.15) is 17.3 Å². The Balaban J connectivity index is 1.59. The van der Waals surface area contributed by atoms with Crippen LogP contribution in [0.25, 0.3) is 11.3 Å². The Bertz CT molecular complexity index is 1030. The quantitative estimate of drug-likeness (QED) is 0.480. The van der Waals surface area contributed by atoms with Crippen molar-refractivity contribution >= 4 is 5.91 Å². The molecule has 3 heterocycles. The first-order valence-electron chi connectivity index (χ1n) is 8.67. The number of amides is 1. The summed E-state index contributed by atoms with van der Waals surface area (Å²) in [7, 11) is 0. The summed E-state index contributed by atoms with van der Waals surface area (Å²) in [6, 6.07) is 13.3. The van der Waals surface area contributed by atoms with Crippen LogP contribution in [0.3, 0.4) is 0 Å². The first-order chi connectivity index (χ1) is 13.6. The van der Waals surface area contributed by atoms with Gasteiger partial charge in [-0.3, -0.25) is 4.79 Å². The van der Waals surface area contributed by atoms with E-state index in [1.165, 1.54) is 17.0 Å². The number of carbonyl (C=O) groups excluding carboxylic acids is 1. The summed E-state index contributed by atoms with van der Waals surface area (Å²) in [4.78, 5) is 14.5. The second-order valence-electron chi connectivity index (χ2n) is 6.36. The molecule has 4 rings (SSSR count). The van der Waals surface area contributed by atoms with Gasteiger partial charge in [-0.15, -0.1) is 0 Å². The maximum atomic E-state index is 13.8. The Morgan fingerprint density at radius 1 is 1.04 bits per heavy atom. The molecular weight excluding hydrogens is 363 g/mol. The van der Waals surface area contributed by atoms with Gasteiger partial charge in [0.25, 0.3) is 5.91 Å². The van der Waals surface area contributed by atoms with E-state index in [0.29, 0.717) is 28.4 Å². The number of benzene rings is 1. The minimum absolute atomic E-state index is 0.120. The van der Waals surface area contributed by atoms with E-state index in [1.807, 2.05) is 0 Å². The molecule has 0 aliphatic heterocycles. The first kappa shape index (κ1) is 17.8. The van der Waals surface area contributed by atoms with Crippen molar-refractivity contribution in [2.75, 3.05) is 0 Å². The van der Waals surface area contributed by atoms with Crippen molar-refractivity contribution in [1.29, 1.82) is 0 Å². The highest BCUT2D eigenvalue weighted by molar-refractivity contribution is 5.93. The smallest absolute Gasteiger partial charge is 0.276 e. The molecule has 6 nitrogen and oxygen atoms in total. The Kier molecular flexibility index (Phi) is 4.80. The molecule has 0 atom stereocenters. The number of rotatable bonds is 6. The topological polar surface area (TPSA) is 72.6 Å². The molecule has 0 unspecified atom stereocenters. The van der Waals surface area contributed by atoms with Crippen molar-refractivity contribution in [2.45, 2.75) is 20.0 Å². The van der Waals surface area contributed by atoms with Crippen LogP contribution in [0, 0.1) is 12.7 Å². The Labute approximate surface area is 160 Å². The maximum absolute atomic E-state index is 13.8. The van der Waals surface area contributed by atoms with Gasteiger partial charge < -0.3 is 18.3 Å². The van der Waals surface area contributed by atoms with E-state index in [2.05, 4.69) is 5.16 Å². The summed E-state index contributed by atoms with van der Waals surface area (Å²) in [5, 5.41) is 3.87. The third-order valence-electron chi connectivity index (χ3n) is 4.33. The van der Waals surface area contributed by atoms with Crippen LogP contribution in [0.1, 0.15) is 27.6 Å². The molecule has 0 saturated carbocycles. The fraction of sp³-hybridized carbons (Fsp3) is 0.143. The van der Waals surface area contributed by atoms with Crippen LogP contribution in [0.5, 0.6) is 0 Å². The molecule has 1 amide bonds. The van der Waals surface area contributed by atoms with E-state index in [1.54, 1.807) is 55.8 Å². The number of aromatic nitrogens is 1. The van der Waals surface area contributed by atoms with Crippen LogP contribution < -0.4 is 0 Å². The third kappa shape index (κ3) is 3.73. The number of aryl methyl sites for hydroxylation is 1. The highest BCUT2D eigenvalue weighted by Gasteiger charge is 2.23. The number of halogens is 1. The molecule has 0 bridgehead atoms. The summed E-state index contributed by atoms with van der Waals surface area (Å²) in [6.07, 6.45) is 3.09. The molecule has 3 aromatic heterocycles. The fourth-order valence-corrected chi connectivity index (χ4v) is 2.80. The Morgan fingerprint density at radius 2 is 1.71 bits per heavy atom. The molecule has 0 radical (unpaired) electrons. The van der Waals surface area contributed by atoms with Crippen molar-refractivity contribution < 1.29 is 22.5 Å². The lowest BCUT2D eigenvalue weighted by molar-refractivity contribution is 0.0694. The monoisotopic (exact) mass is 380 g/mol. The van der Waals surface area contributed by atoms with E-state index < -0.39 is 0 Å². The molecule has 142 valence electrons. The molecule has 4 aromatic rings. The molecule has 7 heteroatoms. The molecule has 28 heavy (non-hydrogen) atoms. The molecule has 0 fully saturated rings. The van der Waals surface area contributed by atoms with Gasteiger partial charge in [-0.1, -0.05) is 17.3 Å². The Morgan fingerprint density at radius 3 is 2.29 bits per heavy atom. The third-order valence-corrected chi connectivity index (χ3v) is 4.33. The number of hydrogen-bond acceptors (Lipinski definition) is 5. The lowest BCUT2D eigenvalue weighted by Crippen LogP contribution is -2.30. The van der Waals surface area contributed by atoms with Crippen LogP contribution in [0.4, 0.5) is 4.39 Å². The molecule has 0 aliphatic carbocycles. The van der Waals surface area contributed by atoms with Gasteiger partial charge in [0.05, 0.1) is 25.6 Å². The summed E-state index contributed by atoms with van der Waals surface area (Å²) in [5.41, 5.74) is 1.16. The number of carbonyl (C=O) groups is 1. The van der Waals surface area contributed by atoms with E-state index in [9.17, 15) is 9.18 Å². The largest absolute Gasteiger partial charge is 0.467 e. The highest BCUT2D eigenvalue weighted by Crippen LogP contribution is 2.24. The average molecular weight is 380 g/mol. The van der Waals surface area contributed by atoms with Gasteiger partial charge in [-0.05, 0) is 42.8 Å². The van der Waals surface area contributed by atoms with Crippen LogP contribution >= 0.6 is 0 Å². The van der Waals surface area contributed by atoms with Crippen molar-refractivity contribution in [3.05, 3.63) is 89.7 Å². The molecule has 0 spiro atoms. The lowest BCUT2D eigenvalue weighted by Gasteiger charge is -2.19. The maximum Gasteiger partial charge on any atom is 0.276 e. The van der Waals surface area contributed by atoms with E-state index in [4.69, 9.17) is 13.4 Å². The molecule has 0 saturated heterocycles. The molecule has 0 aliphatic rings. The first-order valence-corrected chi connectivity index (χ1v) is 8.67. The summed E-state index contributed by atoms with van der Waals surface area (Å²) in [5.74, 6) is 0.876. The minimum atomic E-state index is -0.351. The number of hydrogen-bond donors (Lipinski definition) is 0. The predicted molar refractivity (Wildman–Crippen MR) is 97.6 cm³/mol. The van der Waals surface area contributed by atoms with Gasteiger partial charge in [0, 0.05) is 11.6 Å². The van der Waals surface area contributed by atoms with Gasteiger partial charge in [0.2, 0.25) is 0 Å². The molecular formula is C21H17FN2O4.